The summed E-state index contributed by atoms with van der Waals surface area (Å²) in [5.74, 6) is 0.886. The van der Waals surface area contributed by atoms with Crippen molar-refractivity contribution in [3.05, 3.63) is 53.1 Å². The summed E-state index contributed by atoms with van der Waals surface area (Å²) < 4.78 is 0. The summed E-state index contributed by atoms with van der Waals surface area (Å²) in [4.78, 5) is 7.28. The molecule has 1 N–H and O–H groups in total. The number of allylic oxidation sites excluding steroid dienone is 1. The van der Waals surface area contributed by atoms with Gasteiger partial charge in [-0.2, -0.15) is 5.26 Å². The lowest BCUT2D eigenvalue weighted by molar-refractivity contribution is 1.08. The van der Waals surface area contributed by atoms with E-state index in [1.54, 1.807) is 6.20 Å². The number of rotatable bonds is 1. The third-order valence-electron chi connectivity index (χ3n) is 3.07. The van der Waals surface area contributed by atoms with Crippen LogP contribution in [0.25, 0.3) is 11.6 Å². The van der Waals surface area contributed by atoms with Gasteiger partial charge in [-0.1, -0.05) is 6.07 Å². The van der Waals surface area contributed by atoms with E-state index in [9.17, 15) is 0 Å². The molecule has 0 aliphatic heterocycles. The van der Waals surface area contributed by atoms with Gasteiger partial charge in [0.2, 0.25) is 0 Å². The monoisotopic (exact) mass is 221 g/mol. The standard InChI is InChI=1S/C14H11N3/c15-9-10-1-4-13-11(7-10)2-3-12(13)8-14-16-5-6-17-14/h1,4-8H,2-3H2,(H,16,17)/b12-8-. The highest BCUT2D eigenvalue weighted by atomic mass is 14.9. The zero-order valence-corrected chi connectivity index (χ0v) is 9.27. The summed E-state index contributed by atoms with van der Waals surface area (Å²) in [5, 5.41) is 8.86. The highest BCUT2D eigenvalue weighted by Crippen LogP contribution is 2.33. The average Bonchev–Trinajstić information content (AvgIpc) is 2.99. The molecule has 0 saturated heterocycles. The fraction of sp³-hybridized carbons (Fsp3) is 0.143. The van der Waals surface area contributed by atoms with E-state index in [1.165, 1.54) is 16.7 Å². The van der Waals surface area contributed by atoms with Gasteiger partial charge in [0.15, 0.2) is 0 Å². The van der Waals surface area contributed by atoms with Crippen LogP contribution in [-0.4, -0.2) is 9.97 Å². The zero-order valence-electron chi connectivity index (χ0n) is 9.27. The number of fused-ring (bicyclic) bond motifs is 1. The van der Waals surface area contributed by atoms with Gasteiger partial charge in [-0.15, -0.1) is 0 Å². The predicted molar refractivity (Wildman–Crippen MR) is 65.9 cm³/mol. The Balaban J connectivity index is 2.03. The molecule has 0 fully saturated rings. The van der Waals surface area contributed by atoms with Gasteiger partial charge < -0.3 is 4.98 Å². The van der Waals surface area contributed by atoms with Gasteiger partial charge in [0.25, 0.3) is 0 Å². The first-order valence-corrected chi connectivity index (χ1v) is 5.60. The second kappa shape index (κ2) is 3.91. The normalized spacial score (nSPS) is 15.8. The Labute approximate surface area is 99.4 Å². The molecule has 0 spiro atoms. The molecule has 0 bridgehead atoms. The number of nitrogens with one attached hydrogen (secondary N) is 1. The molecule has 0 unspecified atom stereocenters. The average molecular weight is 221 g/mol. The van der Waals surface area contributed by atoms with E-state index in [4.69, 9.17) is 5.26 Å². The number of nitriles is 1. The lowest BCUT2D eigenvalue weighted by Crippen LogP contribution is -1.84. The quantitative estimate of drug-likeness (QED) is 0.805. The first kappa shape index (κ1) is 9.86. The van der Waals surface area contributed by atoms with E-state index in [1.807, 2.05) is 24.4 Å². The second-order valence-electron chi connectivity index (χ2n) is 4.13. The summed E-state index contributed by atoms with van der Waals surface area (Å²) in [5.41, 5.74) is 4.55. The van der Waals surface area contributed by atoms with E-state index in [0.717, 1.165) is 24.2 Å². The van der Waals surface area contributed by atoms with Crippen LogP contribution in [0, 0.1) is 11.3 Å². The maximum absolute atomic E-state index is 8.86. The molecule has 0 saturated carbocycles. The van der Waals surface area contributed by atoms with Crippen molar-refractivity contribution in [3.63, 3.8) is 0 Å². The van der Waals surface area contributed by atoms with Crippen molar-refractivity contribution in [2.45, 2.75) is 12.8 Å². The van der Waals surface area contributed by atoms with E-state index in [-0.39, 0.29) is 0 Å². The Kier molecular flexibility index (Phi) is 2.27. The van der Waals surface area contributed by atoms with Crippen molar-refractivity contribution in [3.8, 4) is 6.07 Å². The smallest absolute Gasteiger partial charge is 0.130 e. The third kappa shape index (κ3) is 1.74. The van der Waals surface area contributed by atoms with Gasteiger partial charge >= 0.3 is 0 Å². The molecule has 3 nitrogen and oxygen atoms in total. The van der Waals surface area contributed by atoms with E-state index in [2.05, 4.69) is 22.1 Å². The topological polar surface area (TPSA) is 52.5 Å². The first-order valence-electron chi connectivity index (χ1n) is 5.60. The molecule has 1 aliphatic rings. The molecule has 3 rings (SSSR count). The third-order valence-corrected chi connectivity index (χ3v) is 3.07. The Bertz CT molecular complexity index is 615. The number of hydrogen-bond acceptors (Lipinski definition) is 2. The lowest BCUT2D eigenvalue weighted by atomic mass is 10.0. The van der Waals surface area contributed by atoms with Crippen LogP contribution >= 0.6 is 0 Å². The van der Waals surface area contributed by atoms with Crippen LogP contribution in [0.4, 0.5) is 0 Å². The number of imidazole rings is 1. The van der Waals surface area contributed by atoms with Crippen LogP contribution in [0.2, 0.25) is 0 Å². The lowest BCUT2D eigenvalue weighted by Gasteiger charge is -2.00. The van der Waals surface area contributed by atoms with Gasteiger partial charge in [0, 0.05) is 12.4 Å². The Morgan fingerprint density at radius 2 is 2.29 bits per heavy atom. The Morgan fingerprint density at radius 1 is 1.35 bits per heavy atom. The van der Waals surface area contributed by atoms with Crippen LogP contribution in [-0.2, 0) is 6.42 Å². The number of benzene rings is 1. The summed E-state index contributed by atoms with van der Waals surface area (Å²) >= 11 is 0. The van der Waals surface area contributed by atoms with Crippen molar-refractivity contribution >= 4 is 11.6 Å². The fourth-order valence-electron chi connectivity index (χ4n) is 2.26. The predicted octanol–water partition coefficient (Wildman–Crippen LogP) is 2.77. The van der Waals surface area contributed by atoms with Gasteiger partial charge in [-0.25, -0.2) is 4.98 Å². The minimum absolute atomic E-state index is 0.739. The number of aryl methyl sites for hydroxylation is 1. The Morgan fingerprint density at radius 3 is 3.06 bits per heavy atom. The molecule has 0 radical (unpaired) electrons. The summed E-state index contributed by atoms with van der Waals surface area (Å²) in [6.45, 7) is 0. The molecular weight excluding hydrogens is 210 g/mol. The van der Waals surface area contributed by atoms with Crippen molar-refractivity contribution in [2.24, 2.45) is 0 Å². The highest BCUT2D eigenvalue weighted by Gasteiger charge is 2.16. The molecule has 3 heteroatoms. The van der Waals surface area contributed by atoms with E-state index >= 15 is 0 Å². The SMILES string of the molecule is N#Cc1ccc2c(c1)CC/C2=C/c1ncc[nH]1. The summed E-state index contributed by atoms with van der Waals surface area (Å²) in [6.07, 6.45) is 7.68. The Hall–Kier alpha value is -2.34. The molecule has 1 aromatic carbocycles. The largest absolute Gasteiger partial charge is 0.345 e. The molecule has 1 aromatic heterocycles. The van der Waals surface area contributed by atoms with E-state index in [0.29, 0.717) is 0 Å². The van der Waals surface area contributed by atoms with Crippen molar-refractivity contribution < 1.29 is 0 Å². The number of H-pyrrole nitrogens is 1. The van der Waals surface area contributed by atoms with Crippen LogP contribution in [0.15, 0.2) is 30.6 Å². The molecule has 1 heterocycles. The maximum Gasteiger partial charge on any atom is 0.130 e. The van der Waals surface area contributed by atoms with E-state index < -0.39 is 0 Å². The molecule has 82 valence electrons. The molecular formula is C14H11N3. The first-order chi connectivity index (χ1) is 8.36. The zero-order chi connectivity index (χ0) is 11.7. The molecule has 0 atom stereocenters. The van der Waals surface area contributed by atoms with Crippen LogP contribution in [0.1, 0.15) is 28.9 Å². The minimum atomic E-state index is 0.739. The van der Waals surface area contributed by atoms with Gasteiger partial charge in [0.1, 0.15) is 5.82 Å². The maximum atomic E-state index is 8.86. The highest BCUT2D eigenvalue weighted by molar-refractivity contribution is 5.84. The van der Waals surface area contributed by atoms with Gasteiger partial charge in [-0.05, 0) is 47.8 Å². The molecule has 0 amide bonds. The summed E-state index contributed by atoms with van der Waals surface area (Å²) in [7, 11) is 0. The molecule has 2 aromatic rings. The number of hydrogen-bond donors (Lipinski definition) is 1. The van der Waals surface area contributed by atoms with Crippen molar-refractivity contribution in [2.75, 3.05) is 0 Å². The van der Waals surface area contributed by atoms with Crippen molar-refractivity contribution in [1.82, 2.24) is 9.97 Å². The minimum Gasteiger partial charge on any atom is -0.345 e. The van der Waals surface area contributed by atoms with Crippen LogP contribution in [0.3, 0.4) is 0 Å². The van der Waals surface area contributed by atoms with Gasteiger partial charge in [0.05, 0.1) is 11.6 Å². The van der Waals surface area contributed by atoms with Gasteiger partial charge in [-0.3, -0.25) is 0 Å². The fourth-order valence-corrected chi connectivity index (χ4v) is 2.26. The number of aromatic amines is 1. The van der Waals surface area contributed by atoms with Crippen LogP contribution in [0.5, 0.6) is 0 Å². The summed E-state index contributed by atoms with van der Waals surface area (Å²) in [6, 6.07) is 8.08. The second-order valence-corrected chi connectivity index (χ2v) is 4.13. The molecule has 17 heavy (non-hydrogen) atoms. The number of nitrogens with zero attached hydrogens (tertiary/aromatic N) is 2. The molecule has 1 aliphatic carbocycles. The van der Waals surface area contributed by atoms with Crippen LogP contribution < -0.4 is 0 Å². The number of aromatic nitrogens is 2. The van der Waals surface area contributed by atoms with Crippen molar-refractivity contribution in [1.29, 1.82) is 5.26 Å².